The highest BCUT2D eigenvalue weighted by atomic mass is 32.1. The van der Waals surface area contributed by atoms with Crippen LogP contribution in [0.1, 0.15) is 36.8 Å². The molecular weight excluding hydrogens is 410 g/mol. The van der Waals surface area contributed by atoms with Gasteiger partial charge in [0.1, 0.15) is 11.5 Å². The first-order valence-corrected chi connectivity index (χ1v) is 11.2. The van der Waals surface area contributed by atoms with Gasteiger partial charge in [0.2, 0.25) is 0 Å². The molecule has 0 atom stereocenters. The predicted molar refractivity (Wildman–Crippen MR) is 126 cm³/mol. The van der Waals surface area contributed by atoms with Gasteiger partial charge in [-0.2, -0.15) is 0 Å². The van der Waals surface area contributed by atoms with Gasteiger partial charge in [-0.1, -0.05) is 42.5 Å². The Morgan fingerprint density at radius 1 is 1.03 bits per heavy atom. The molecular formula is C25H31NO4S. The van der Waals surface area contributed by atoms with Crippen molar-refractivity contribution in [1.82, 2.24) is 4.90 Å². The lowest BCUT2D eigenvalue weighted by atomic mass is 9.82. The third-order valence-corrected chi connectivity index (χ3v) is 6.50. The van der Waals surface area contributed by atoms with E-state index < -0.39 is 5.97 Å². The second kappa shape index (κ2) is 11.1. The van der Waals surface area contributed by atoms with E-state index in [0.29, 0.717) is 12.3 Å². The molecule has 3 rings (SSSR count). The minimum absolute atomic E-state index is 0.202. The molecule has 2 aromatic carbocycles. The van der Waals surface area contributed by atoms with Gasteiger partial charge in [-0.05, 0) is 55.4 Å². The number of carboxylic acids is 1. The second-order valence-corrected chi connectivity index (χ2v) is 8.64. The summed E-state index contributed by atoms with van der Waals surface area (Å²) < 4.78 is 10.8. The molecule has 6 heteroatoms. The fourth-order valence-electron chi connectivity index (χ4n) is 4.23. The van der Waals surface area contributed by atoms with Crippen LogP contribution in [0.5, 0.6) is 11.5 Å². The summed E-state index contributed by atoms with van der Waals surface area (Å²) in [6.45, 7) is 1.56. The Labute approximate surface area is 190 Å². The van der Waals surface area contributed by atoms with Crippen molar-refractivity contribution in [2.45, 2.75) is 38.6 Å². The molecule has 0 radical (unpaired) electrons. The fraction of sp³-hybridized carbons (Fsp3) is 0.440. The molecule has 166 valence electrons. The number of nitrogens with zero attached hydrogens (tertiary/aromatic N) is 1. The SMILES string of the molecule is COc1ccc(CN(CC2CCC(C(=O)O)CC2)C(=S)Cc2ccccc2OC)cc1. The van der Waals surface area contributed by atoms with E-state index in [1.54, 1.807) is 14.2 Å². The van der Waals surface area contributed by atoms with Crippen LogP contribution in [-0.4, -0.2) is 41.7 Å². The summed E-state index contributed by atoms with van der Waals surface area (Å²) in [5, 5.41) is 9.29. The number of methoxy groups -OCH3 is 2. The number of para-hydroxylation sites is 1. The summed E-state index contributed by atoms with van der Waals surface area (Å²) in [6, 6.07) is 16.0. The van der Waals surface area contributed by atoms with Crippen LogP contribution in [0, 0.1) is 11.8 Å². The Hall–Kier alpha value is -2.60. The van der Waals surface area contributed by atoms with Gasteiger partial charge in [-0.25, -0.2) is 0 Å². The first-order valence-electron chi connectivity index (χ1n) is 10.8. The van der Waals surface area contributed by atoms with Gasteiger partial charge < -0.3 is 19.5 Å². The quantitative estimate of drug-likeness (QED) is 0.555. The molecule has 1 fully saturated rings. The van der Waals surface area contributed by atoms with Crippen molar-refractivity contribution in [2.75, 3.05) is 20.8 Å². The van der Waals surface area contributed by atoms with Gasteiger partial charge >= 0.3 is 5.97 Å². The van der Waals surface area contributed by atoms with Gasteiger partial charge in [0, 0.05) is 25.1 Å². The predicted octanol–water partition coefficient (Wildman–Crippen LogP) is 4.97. The first-order chi connectivity index (χ1) is 15.0. The summed E-state index contributed by atoms with van der Waals surface area (Å²) >= 11 is 5.90. The maximum absolute atomic E-state index is 11.3. The van der Waals surface area contributed by atoms with Crippen molar-refractivity contribution in [3.8, 4) is 11.5 Å². The molecule has 0 amide bonds. The Morgan fingerprint density at radius 2 is 1.71 bits per heavy atom. The van der Waals surface area contributed by atoms with Gasteiger partial charge in [0.05, 0.1) is 25.1 Å². The highest BCUT2D eigenvalue weighted by molar-refractivity contribution is 7.80. The van der Waals surface area contributed by atoms with Crippen LogP contribution in [-0.2, 0) is 17.8 Å². The van der Waals surface area contributed by atoms with Crippen molar-refractivity contribution in [3.05, 3.63) is 59.7 Å². The van der Waals surface area contributed by atoms with Gasteiger partial charge in [-0.15, -0.1) is 0 Å². The summed E-state index contributed by atoms with van der Waals surface area (Å²) in [4.78, 5) is 14.4. The molecule has 31 heavy (non-hydrogen) atoms. The lowest BCUT2D eigenvalue weighted by Gasteiger charge is -2.33. The van der Waals surface area contributed by atoms with Crippen molar-refractivity contribution in [1.29, 1.82) is 0 Å². The summed E-state index contributed by atoms with van der Waals surface area (Å²) in [7, 11) is 3.34. The van der Waals surface area contributed by atoms with Gasteiger partial charge in [0.15, 0.2) is 0 Å². The lowest BCUT2D eigenvalue weighted by molar-refractivity contribution is -0.143. The summed E-state index contributed by atoms with van der Waals surface area (Å²) in [5.74, 6) is 1.26. The van der Waals surface area contributed by atoms with Crippen LogP contribution in [0.15, 0.2) is 48.5 Å². The minimum atomic E-state index is -0.666. The third kappa shape index (κ3) is 6.44. The monoisotopic (exact) mass is 441 g/mol. The van der Waals surface area contributed by atoms with E-state index in [4.69, 9.17) is 21.7 Å². The molecule has 1 aliphatic rings. The van der Waals surface area contributed by atoms with E-state index in [-0.39, 0.29) is 5.92 Å². The number of aliphatic carboxylic acids is 1. The minimum Gasteiger partial charge on any atom is -0.497 e. The Kier molecular flexibility index (Phi) is 8.29. The number of hydrogen-bond donors (Lipinski definition) is 1. The van der Waals surface area contributed by atoms with Crippen LogP contribution < -0.4 is 9.47 Å². The van der Waals surface area contributed by atoms with E-state index in [1.165, 1.54) is 5.56 Å². The topological polar surface area (TPSA) is 59.0 Å². The van der Waals surface area contributed by atoms with Crippen LogP contribution >= 0.6 is 12.2 Å². The largest absolute Gasteiger partial charge is 0.497 e. The zero-order valence-electron chi connectivity index (χ0n) is 18.3. The lowest BCUT2D eigenvalue weighted by Crippen LogP contribution is -2.36. The van der Waals surface area contributed by atoms with Crippen LogP contribution in [0.3, 0.4) is 0 Å². The van der Waals surface area contributed by atoms with Crippen molar-refractivity contribution < 1.29 is 19.4 Å². The van der Waals surface area contributed by atoms with Crippen LogP contribution in [0.4, 0.5) is 0 Å². The molecule has 0 heterocycles. The maximum atomic E-state index is 11.3. The molecule has 0 saturated heterocycles. The molecule has 5 nitrogen and oxygen atoms in total. The Bertz CT molecular complexity index is 875. The number of thiocarbonyl (C=S) groups is 1. The van der Waals surface area contributed by atoms with Crippen molar-refractivity contribution in [2.24, 2.45) is 11.8 Å². The first kappa shape index (κ1) is 23.1. The van der Waals surface area contributed by atoms with E-state index in [1.807, 2.05) is 30.3 Å². The second-order valence-electron chi connectivity index (χ2n) is 8.17. The molecule has 0 unspecified atom stereocenters. The molecule has 0 spiro atoms. The summed E-state index contributed by atoms with van der Waals surface area (Å²) in [6.07, 6.45) is 3.98. The van der Waals surface area contributed by atoms with E-state index in [0.717, 1.165) is 60.8 Å². The number of benzene rings is 2. The molecule has 1 aliphatic carbocycles. The number of carbonyl (C=O) groups is 1. The Balaban J connectivity index is 1.72. The normalized spacial score (nSPS) is 18.3. The number of carboxylic acid groups (broad SMARTS) is 1. The average Bonchev–Trinajstić information content (AvgIpc) is 2.79. The van der Waals surface area contributed by atoms with Gasteiger partial charge in [0.25, 0.3) is 0 Å². The molecule has 2 aromatic rings. The third-order valence-electron chi connectivity index (χ3n) is 6.09. The van der Waals surface area contributed by atoms with Crippen LogP contribution in [0.2, 0.25) is 0 Å². The molecule has 0 aromatic heterocycles. The molecule has 0 aliphatic heterocycles. The smallest absolute Gasteiger partial charge is 0.306 e. The molecule has 0 bridgehead atoms. The number of rotatable bonds is 9. The zero-order chi connectivity index (χ0) is 22.2. The fourth-order valence-corrected chi connectivity index (χ4v) is 4.53. The Morgan fingerprint density at radius 3 is 2.32 bits per heavy atom. The number of hydrogen-bond acceptors (Lipinski definition) is 4. The highest BCUT2D eigenvalue weighted by Gasteiger charge is 2.27. The summed E-state index contributed by atoms with van der Waals surface area (Å²) in [5.41, 5.74) is 2.24. The molecule has 1 N–H and O–H groups in total. The number of ether oxygens (including phenoxy) is 2. The van der Waals surface area contributed by atoms with Gasteiger partial charge in [-0.3, -0.25) is 4.79 Å². The zero-order valence-corrected chi connectivity index (χ0v) is 19.1. The van der Waals surface area contributed by atoms with E-state index in [9.17, 15) is 9.90 Å². The highest BCUT2D eigenvalue weighted by Crippen LogP contribution is 2.30. The van der Waals surface area contributed by atoms with E-state index >= 15 is 0 Å². The molecule has 1 saturated carbocycles. The standard InChI is InChI=1S/C25H31NO4S/c1-29-22-13-9-19(10-14-22)17-26(16-18-7-11-20(12-8-18)25(27)28)24(31)15-21-5-3-4-6-23(21)30-2/h3-6,9-10,13-14,18,20H,7-8,11-12,15-17H2,1-2H3,(H,27,28). The van der Waals surface area contributed by atoms with Crippen molar-refractivity contribution in [3.63, 3.8) is 0 Å². The van der Waals surface area contributed by atoms with Crippen molar-refractivity contribution >= 4 is 23.2 Å². The average molecular weight is 442 g/mol. The maximum Gasteiger partial charge on any atom is 0.306 e. The van der Waals surface area contributed by atoms with Crippen LogP contribution in [0.25, 0.3) is 0 Å². The van der Waals surface area contributed by atoms with E-state index in [2.05, 4.69) is 23.1 Å².